The van der Waals surface area contributed by atoms with Gasteiger partial charge in [-0.1, -0.05) is 6.07 Å². The van der Waals surface area contributed by atoms with Crippen LogP contribution in [0.1, 0.15) is 5.56 Å². The molecule has 0 unspecified atom stereocenters. The van der Waals surface area contributed by atoms with Crippen LogP contribution in [-0.4, -0.2) is 33.3 Å². The Morgan fingerprint density at radius 2 is 1.83 bits per heavy atom. The summed E-state index contributed by atoms with van der Waals surface area (Å²) in [5.41, 5.74) is 4.20. The van der Waals surface area contributed by atoms with Gasteiger partial charge in [0.25, 0.3) is 0 Å². The molecular weight excluding hydrogens is 238 g/mol. The molecule has 100 valence electrons. The van der Waals surface area contributed by atoms with Crippen LogP contribution in [0.15, 0.2) is 12.1 Å². The van der Waals surface area contributed by atoms with Crippen LogP contribution in [0.3, 0.4) is 0 Å². The number of carboxylic acid groups (broad SMARTS) is 1. The van der Waals surface area contributed by atoms with Gasteiger partial charge in [0.15, 0.2) is 11.5 Å². The van der Waals surface area contributed by atoms with Crippen LogP contribution in [0.4, 0.5) is 0 Å². The van der Waals surface area contributed by atoms with Gasteiger partial charge in [-0.2, -0.15) is 0 Å². The second kappa shape index (κ2) is 6.11. The Balaban J connectivity index is 3.16. The zero-order chi connectivity index (χ0) is 13.7. The van der Waals surface area contributed by atoms with Crippen molar-refractivity contribution in [1.29, 1.82) is 0 Å². The smallest absolute Gasteiger partial charge is 0.203 e. The molecule has 0 radical (unpaired) electrons. The highest BCUT2D eigenvalue weighted by Crippen LogP contribution is 2.39. The lowest BCUT2D eigenvalue weighted by Gasteiger charge is -2.17. The molecule has 1 aromatic carbocycles. The van der Waals surface area contributed by atoms with E-state index in [9.17, 15) is 9.90 Å². The molecular formula is C12H17NO5. The quantitative estimate of drug-likeness (QED) is 0.675. The Hall–Kier alpha value is -1.95. The van der Waals surface area contributed by atoms with Gasteiger partial charge in [-0.15, -0.1) is 0 Å². The normalized spacial score (nSPS) is 11.8. The number of ether oxygens (including phenoxy) is 3. The largest absolute Gasteiger partial charge is 0.544 e. The van der Waals surface area contributed by atoms with Crippen molar-refractivity contribution in [2.24, 2.45) is 0 Å². The molecule has 1 atom stereocenters. The molecule has 0 saturated heterocycles. The zero-order valence-electron chi connectivity index (χ0n) is 10.7. The van der Waals surface area contributed by atoms with E-state index in [1.807, 2.05) is 0 Å². The SMILES string of the molecule is COc1ccc(C[C@@H]([NH3+])C(=O)[O-])c(OC)c1OC. The summed E-state index contributed by atoms with van der Waals surface area (Å²) in [4.78, 5) is 10.7. The van der Waals surface area contributed by atoms with Gasteiger partial charge in [-0.25, -0.2) is 0 Å². The number of carbonyl (C=O) groups excluding carboxylic acids is 1. The zero-order valence-corrected chi connectivity index (χ0v) is 10.7. The fourth-order valence-corrected chi connectivity index (χ4v) is 1.67. The van der Waals surface area contributed by atoms with Crippen molar-refractivity contribution >= 4 is 5.97 Å². The molecule has 0 spiro atoms. The maximum atomic E-state index is 10.7. The van der Waals surface area contributed by atoms with E-state index >= 15 is 0 Å². The summed E-state index contributed by atoms with van der Waals surface area (Å²) in [6.07, 6.45) is 0.200. The number of methoxy groups -OCH3 is 3. The van der Waals surface area contributed by atoms with Gasteiger partial charge in [0, 0.05) is 12.0 Å². The Labute approximate surface area is 105 Å². The maximum Gasteiger partial charge on any atom is 0.203 e. The van der Waals surface area contributed by atoms with Gasteiger partial charge in [0.05, 0.1) is 27.3 Å². The third-order valence-corrected chi connectivity index (χ3v) is 2.59. The van der Waals surface area contributed by atoms with E-state index in [0.29, 0.717) is 22.8 Å². The molecule has 6 heteroatoms. The maximum absolute atomic E-state index is 10.7. The van der Waals surface area contributed by atoms with Crippen molar-refractivity contribution in [2.75, 3.05) is 21.3 Å². The number of carboxylic acids is 1. The number of carbonyl (C=O) groups is 1. The van der Waals surface area contributed by atoms with E-state index in [0.717, 1.165) is 0 Å². The first-order valence-corrected chi connectivity index (χ1v) is 5.36. The molecule has 0 aliphatic heterocycles. The van der Waals surface area contributed by atoms with E-state index in [2.05, 4.69) is 5.73 Å². The van der Waals surface area contributed by atoms with Crippen molar-refractivity contribution in [3.8, 4) is 17.2 Å². The first-order chi connectivity index (χ1) is 8.54. The van der Waals surface area contributed by atoms with Crippen LogP contribution in [0.2, 0.25) is 0 Å². The highest BCUT2D eigenvalue weighted by Gasteiger charge is 2.19. The first-order valence-electron chi connectivity index (χ1n) is 5.36. The third kappa shape index (κ3) is 2.84. The van der Waals surface area contributed by atoms with E-state index in [-0.39, 0.29) is 6.42 Å². The molecule has 0 amide bonds. The lowest BCUT2D eigenvalue weighted by Crippen LogP contribution is -2.69. The Bertz CT molecular complexity index is 433. The lowest BCUT2D eigenvalue weighted by atomic mass is 10.0. The van der Waals surface area contributed by atoms with Crippen molar-refractivity contribution in [3.63, 3.8) is 0 Å². The summed E-state index contributed by atoms with van der Waals surface area (Å²) < 4.78 is 15.6. The van der Waals surface area contributed by atoms with E-state index in [1.54, 1.807) is 12.1 Å². The number of quaternary nitrogens is 1. The second-order valence-corrected chi connectivity index (χ2v) is 3.71. The molecule has 0 aliphatic carbocycles. The molecule has 0 heterocycles. The van der Waals surface area contributed by atoms with Crippen LogP contribution in [-0.2, 0) is 11.2 Å². The highest BCUT2D eigenvalue weighted by atomic mass is 16.5. The molecule has 18 heavy (non-hydrogen) atoms. The molecule has 1 rings (SSSR count). The van der Waals surface area contributed by atoms with Gasteiger partial charge in [-0.05, 0) is 6.07 Å². The molecule has 6 nitrogen and oxygen atoms in total. The van der Waals surface area contributed by atoms with E-state index < -0.39 is 12.0 Å². The van der Waals surface area contributed by atoms with Gasteiger partial charge in [-0.3, -0.25) is 0 Å². The van der Waals surface area contributed by atoms with Crippen molar-refractivity contribution in [1.82, 2.24) is 0 Å². The van der Waals surface area contributed by atoms with Crippen LogP contribution in [0, 0.1) is 0 Å². The van der Waals surface area contributed by atoms with Crippen molar-refractivity contribution in [3.05, 3.63) is 17.7 Å². The summed E-state index contributed by atoms with van der Waals surface area (Å²) in [6, 6.07) is 2.57. The third-order valence-electron chi connectivity index (χ3n) is 2.59. The molecule has 3 N–H and O–H groups in total. The van der Waals surface area contributed by atoms with Crippen molar-refractivity contribution < 1.29 is 29.8 Å². The number of aliphatic carboxylic acids is 1. The molecule has 0 fully saturated rings. The minimum Gasteiger partial charge on any atom is -0.544 e. The fraction of sp³-hybridized carbons (Fsp3) is 0.417. The topological polar surface area (TPSA) is 95.5 Å². The Kier molecular flexibility index (Phi) is 4.79. The lowest BCUT2D eigenvalue weighted by molar-refractivity contribution is -0.437. The van der Waals surface area contributed by atoms with Gasteiger partial charge in [0.1, 0.15) is 6.04 Å². The number of rotatable bonds is 6. The minimum absolute atomic E-state index is 0.200. The second-order valence-electron chi connectivity index (χ2n) is 3.71. The Morgan fingerprint density at radius 3 is 2.28 bits per heavy atom. The molecule has 0 aliphatic rings. The molecule has 0 aromatic heterocycles. The van der Waals surface area contributed by atoms with Crippen LogP contribution < -0.4 is 25.1 Å². The van der Waals surface area contributed by atoms with Gasteiger partial charge < -0.3 is 29.8 Å². The van der Waals surface area contributed by atoms with E-state index in [4.69, 9.17) is 14.2 Å². The molecule has 0 saturated carbocycles. The number of hydrogen-bond donors (Lipinski definition) is 1. The summed E-state index contributed by atoms with van der Waals surface area (Å²) in [6.45, 7) is 0. The van der Waals surface area contributed by atoms with E-state index in [1.165, 1.54) is 21.3 Å². The van der Waals surface area contributed by atoms with Crippen LogP contribution in [0.25, 0.3) is 0 Å². The fourth-order valence-electron chi connectivity index (χ4n) is 1.67. The van der Waals surface area contributed by atoms with Gasteiger partial charge in [0.2, 0.25) is 5.75 Å². The Morgan fingerprint density at radius 1 is 1.22 bits per heavy atom. The highest BCUT2D eigenvalue weighted by molar-refractivity contribution is 5.70. The number of hydrogen-bond acceptors (Lipinski definition) is 5. The monoisotopic (exact) mass is 255 g/mol. The minimum atomic E-state index is -1.20. The standard InChI is InChI=1S/C12H17NO5/c1-16-9-5-4-7(6-8(13)12(14)15)10(17-2)11(9)18-3/h4-5,8H,6,13H2,1-3H3,(H,14,15)/t8-/m1/s1. The molecule has 1 aromatic rings. The number of benzene rings is 1. The predicted molar refractivity (Wildman–Crippen MR) is 61.5 cm³/mol. The van der Waals surface area contributed by atoms with Crippen LogP contribution >= 0.6 is 0 Å². The average molecular weight is 255 g/mol. The van der Waals surface area contributed by atoms with Crippen LogP contribution in [0.5, 0.6) is 17.2 Å². The summed E-state index contributed by atoms with van der Waals surface area (Å²) >= 11 is 0. The summed E-state index contributed by atoms with van der Waals surface area (Å²) in [5, 5.41) is 10.7. The van der Waals surface area contributed by atoms with Gasteiger partial charge >= 0.3 is 0 Å². The average Bonchev–Trinajstić information content (AvgIpc) is 2.37. The molecule has 0 bridgehead atoms. The predicted octanol–water partition coefficient (Wildman–Crippen LogP) is -1.38. The first kappa shape index (κ1) is 14.1. The van der Waals surface area contributed by atoms with Crippen molar-refractivity contribution in [2.45, 2.75) is 12.5 Å². The summed E-state index contributed by atoms with van der Waals surface area (Å²) in [7, 11) is 4.49. The summed E-state index contributed by atoms with van der Waals surface area (Å²) in [5.74, 6) is 0.203.